The van der Waals surface area contributed by atoms with Crippen LogP contribution in [0, 0.1) is 0 Å². The van der Waals surface area contributed by atoms with Crippen LogP contribution >= 0.6 is 0 Å². The SMILES string of the molecule is COc1ccc(OC(=O)C2OCOO2)cc1. The molecular weight excluding hydrogens is 216 g/mol. The van der Waals surface area contributed by atoms with Crippen molar-refractivity contribution >= 4 is 5.97 Å². The average molecular weight is 226 g/mol. The van der Waals surface area contributed by atoms with Crippen LogP contribution < -0.4 is 9.47 Å². The first kappa shape index (κ1) is 10.9. The summed E-state index contributed by atoms with van der Waals surface area (Å²) in [7, 11) is 1.55. The van der Waals surface area contributed by atoms with Crippen LogP contribution in [-0.2, 0) is 19.3 Å². The van der Waals surface area contributed by atoms with Gasteiger partial charge in [0.25, 0.3) is 6.29 Å². The second-order valence-electron chi connectivity index (χ2n) is 2.93. The molecule has 0 saturated carbocycles. The molecule has 0 N–H and O–H groups in total. The van der Waals surface area contributed by atoms with Gasteiger partial charge in [0, 0.05) is 0 Å². The molecule has 1 aliphatic heterocycles. The van der Waals surface area contributed by atoms with Gasteiger partial charge in [0.05, 0.1) is 7.11 Å². The number of benzene rings is 1. The molecule has 2 rings (SSSR count). The number of hydrogen-bond acceptors (Lipinski definition) is 6. The van der Waals surface area contributed by atoms with Gasteiger partial charge in [0.15, 0.2) is 6.79 Å². The van der Waals surface area contributed by atoms with Crippen molar-refractivity contribution in [2.75, 3.05) is 13.9 Å². The van der Waals surface area contributed by atoms with Crippen LogP contribution in [0.2, 0.25) is 0 Å². The van der Waals surface area contributed by atoms with E-state index in [1.807, 2.05) is 0 Å². The molecule has 1 aromatic carbocycles. The van der Waals surface area contributed by atoms with Gasteiger partial charge in [-0.15, -0.1) is 0 Å². The van der Waals surface area contributed by atoms with E-state index in [-0.39, 0.29) is 6.79 Å². The molecule has 0 radical (unpaired) electrons. The van der Waals surface area contributed by atoms with E-state index >= 15 is 0 Å². The van der Waals surface area contributed by atoms with Crippen molar-refractivity contribution in [1.82, 2.24) is 0 Å². The first-order valence-corrected chi connectivity index (χ1v) is 4.55. The van der Waals surface area contributed by atoms with E-state index in [1.165, 1.54) is 0 Å². The summed E-state index contributed by atoms with van der Waals surface area (Å²) in [5, 5.41) is 0. The maximum Gasteiger partial charge on any atom is 0.372 e. The van der Waals surface area contributed by atoms with Gasteiger partial charge < -0.3 is 14.2 Å². The molecule has 0 bridgehead atoms. The Morgan fingerprint density at radius 3 is 2.56 bits per heavy atom. The van der Waals surface area contributed by atoms with Gasteiger partial charge in [0.2, 0.25) is 0 Å². The van der Waals surface area contributed by atoms with Crippen LogP contribution in [0.1, 0.15) is 0 Å². The number of methoxy groups -OCH3 is 1. The number of ether oxygens (including phenoxy) is 3. The van der Waals surface area contributed by atoms with Crippen molar-refractivity contribution in [2.45, 2.75) is 6.29 Å². The molecule has 1 heterocycles. The fourth-order valence-corrected chi connectivity index (χ4v) is 1.12. The monoisotopic (exact) mass is 226 g/mol. The molecular formula is C10H10O6. The van der Waals surface area contributed by atoms with Crippen LogP contribution in [0.25, 0.3) is 0 Å². The van der Waals surface area contributed by atoms with E-state index < -0.39 is 12.3 Å². The third-order valence-electron chi connectivity index (χ3n) is 1.89. The zero-order valence-corrected chi connectivity index (χ0v) is 8.54. The first-order valence-electron chi connectivity index (χ1n) is 4.55. The summed E-state index contributed by atoms with van der Waals surface area (Å²) in [6.45, 7) is -0.0810. The molecule has 1 aromatic rings. The van der Waals surface area contributed by atoms with Crippen LogP contribution in [0.4, 0.5) is 0 Å². The molecule has 6 heteroatoms. The third-order valence-corrected chi connectivity index (χ3v) is 1.89. The van der Waals surface area contributed by atoms with Crippen molar-refractivity contribution in [3.05, 3.63) is 24.3 Å². The van der Waals surface area contributed by atoms with Crippen LogP contribution in [-0.4, -0.2) is 26.2 Å². The minimum Gasteiger partial charge on any atom is -0.497 e. The minimum atomic E-state index is -1.12. The van der Waals surface area contributed by atoms with E-state index in [0.29, 0.717) is 11.5 Å². The van der Waals surface area contributed by atoms with Gasteiger partial charge >= 0.3 is 5.97 Å². The molecule has 1 saturated heterocycles. The lowest BCUT2D eigenvalue weighted by Gasteiger charge is -2.07. The van der Waals surface area contributed by atoms with Crippen LogP contribution in [0.3, 0.4) is 0 Å². The molecule has 6 nitrogen and oxygen atoms in total. The van der Waals surface area contributed by atoms with Gasteiger partial charge in [-0.05, 0) is 24.3 Å². The Hall–Kier alpha value is -1.63. The first-order chi connectivity index (χ1) is 7.79. The molecule has 0 aromatic heterocycles. The lowest BCUT2D eigenvalue weighted by atomic mass is 10.3. The summed E-state index contributed by atoms with van der Waals surface area (Å²) in [5.41, 5.74) is 0. The number of carbonyl (C=O) groups excluding carboxylic acids is 1. The highest BCUT2D eigenvalue weighted by molar-refractivity contribution is 5.75. The molecule has 1 atom stereocenters. The Bertz CT molecular complexity index is 354. The maximum atomic E-state index is 11.4. The smallest absolute Gasteiger partial charge is 0.372 e. The summed E-state index contributed by atoms with van der Waals surface area (Å²) in [6.07, 6.45) is -1.12. The predicted octanol–water partition coefficient (Wildman–Crippen LogP) is 0.863. The normalized spacial score (nSPS) is 19.4. The predicted molar refractivity (Wildman–Crippen MR) is 50.5 cm³/mol. The highest BCUT2D eigenvalue weighted by Crippen LogP contribution is 2.18. The number of esters is 1. The highest BCUT2D eigenvalue weighted by atomic mass is 17.3. The standard InChI is InChI=1S/C10H10O6/c1-12-7-2-4-8(5-3-7)15-9(11)10-13-6-14-16-10/h2-5,10H,6H2,1H3. The number of carbonyl (C=O) groups is 1. The van der Waals surface area contributed by atoms with E-state index in [4.69, 9.17) is 14.2 Å². The Labute approximate surface area is 91.5 Å². The number of hydrogen-bond donors (Lipinski definition) is 0. The fraction of sp³-hybridized carbons (Fsp3) is 0.300. The van der Waals surface area contributed by atoms with Crippen LogP contribution in [0.5, 0.6) is 11.5 Å². The van der Waals surface area contributed by atoms with Crippen molar-refractivity contribution in [2.24, 2.45) is 0 Å². The Morgan fingerprint density at radius 1 is 1.31 bits per heavy atom. The van der Waals surface area contributed by atoms with Gasteiger partial charge in [-0.25, -0.2) is 9.68 Å². The molecule has 0 spiro atoms. The van der Waals surface area contributed by atoms with Gasteiger partial charge in [-0.3, -0.25) is 0 Å². The molecule has 16 heavy (non-hydrogen) atoms. The summed E-state index contributed by atoms with van der Waals surface area (Å²) in [4.78, 5) is 20.3. The molecule has 1 fully saturated rings. The van der Waals surface area contributed by atoms with Crippen molar-refractivity contribution in [1.29, 1.82) is 0 Å². The average Bonchev–Trinajstić information content (AvgIpc) is 2.83. The Balaban J connectivity index is 1.94. The zero-order valence-electron chi connectivity index (χ0n) is 8.54. The van der Waals surface area contributed by atoms with Crippen molar-refractivity contribution < 1.29 is 28.8 Å². The lowest BCUT2D eigenvalue weighted by Crippen LogP contribution is -2.26. The van der Waals surface area contributed by atoms with Gasteiger partial charge in [-0.1, -0.05) is 0 Å². The van der Waals surface area contributed by atoms with Crippen molar-refractivity contribution in [3.8, 4) is 11.5 Å². The second-order valence-corrected chi connectivity index (χ2v) is 2.93. The third kappa shape index (κ3) is 2.48. The van der Waals surface area contributed by atoms with E-state index in [0.717, 1.165) is 0 Å². The fourth-order valence-electron chi connectivity index (χ4n) is 1.12. The minimum absolute atomic E-state index is 0.0810. The molecule has 0 amide bonds. The summed E-state index contributed by atoms with van der Waals surface area (Å²) in [5.74, 6) is 0.393. The molecule has 86 valence electrons. The highest BCUT2D eigenvalue weighted by Gasteiger charge is 2.28. The summed E-state index contributed by atoms with van der Waals surface area (Å²) < 4.78 is 14.7. The van der Waals surface area contributed by atoms with E-state index in [2.05, 4.69) is 9.78 Å². The largest absolute Gasteiger partial charge is 0.497 e. The second kappa shape index (κ2) is 4.93. The summed E-state index contributed by atoms with van der Waals surface area (Å²) in [6, 6.07) is 6.56. The topological polar surface area (TPSA) is 63.2 Å². The lowest BCUT2D eigenvalue weighted by molar-refractivity contribution is -0.274. The molecule has 0 aliphatic carbocycles. The number of rotatable bonds is 3. The molecule has 1 aliphatic rings. The van der Waals surface area contributed by atoms with E-state index in [9.17, 15) is 4.79 Å². The quantitative estimate of drug-likeness (QED) is 0.432. The maximum absolute atomic E-state index is 11.4. The molecule has 1 unspecified atom stereocenters. The zero-order chi connectivity index (χ0) is 11.4. The van der Waals surface area contributed by atoms with E-state index in [1.54, 1.807) is 31.4 Å². The van der Waals surface area contributed by atoms with Gasteiger partial charge in [-0.2, -0.15) is 4.89 Å². The van der Waals surface area contributed by atoms with Crippen molar-refractivity contribution in [3.63, 3.8) is 0 Å². The Kier molecular flexibility index (Phi) is 3.35. The summed E-state index contributed by atoms with van der Waals surface area (Å²) >= 11 is 0. The van der Waals surface area contributed by atoms with Gasteiger partial charge in [0.1, 0.15) is 11.5 Å². The Morgan fingerprint density at radius 2 is 2.00 bits per heavy atom. The van der Waals surface area contributed by atoms with Crippen LogP contribution in [0.15, 0.2) is 24.3 Å².